The van der Waals surface area contributed by atoms with Crippen molar-refractivity contribution in [3.8, 4) is 0 Å². The molecule has 0 unspecified atom stereocenters. The van der Waals surface area contributed by atoms with Gasteiger partial charge in [-0.1, -0.05) is 0 Å². The molecule has 21 heteroatoms. The zero-order valence-electron chi connectivity index (χ0n) is 14.1. The van der Waals surface area contributed by atoms with E-state index in [0.29, 0.717) is 0 Å². The van der Waals surface area contributed by atoms with Gasteiger partial charge in [0.2, 0.25) is 0 Å². The summed E-state index contributed by atoms with van der Waals surface area (Å²) in [6, 6.07) is 0. The van der Waals surface area contributed by atoms with E-state index in [1.165, 1.54) is 0 Å². The molecular formula is C11H6F19NO. The molecule has 0 saturated carbocycles. The van der Waals surface area contributed by atoms with E-state index in [0.717, 1.165) is 0 Å². The highest BCUT2D eigenvalue weighted by molar-refractivity contribution is 5.16. The second-order valence-electron chi connectivity index (χ2n) is 5.84. The molecule has 0 aliphatic rings. The summed E-state index contributed by atoms with van der Waals surface area (Å²) in [4.78, 5) is 3.20. The highest BCUT2D eigenvalue weighted by atomic mass is 19.4. The van der Waals surface area contributed by atoms with Gasteiger partial charge in [-0.15, -0.1) is 0 Å². The Morgan fingerprint density at radius 1 is 0.406 bits per heavy atom. The predicted octanol–water partition coefficient (Wildman–Crippen LogP) is 5.91. The van der Waals surface area contributed by atoms with Gasteiger partial charge >= 0.3 is 53.6 Å². The Hall–Kier alpha value is -1.41. The molecule has 0 aliphatic carbocycles. The summed E-state index contributed by atoms with van der Waals surface area (Å²) in [5.74, 6) is -62.4. The van der Waals surface area contributed by atoms with E-state index >= 15 is 0 Å². The summed E-state index contributed by atoms with van der Waals surface area (Å²) in [6.45, 7) is -1.90. The van der Waals surface area contributed by atoms with E-state index in [1.807, 2.05) is 0 Å². The van der Waals surface area contributed by atoms with Crippen LogP contribution in [-0.2, 0) is 4.84 Å². The number of nitrogens with two attached hydrogens (primary N) is 1. The molecule has 2 nitrogen and oxygen atoms in total. The largest absolute Gasteiger partial charge is 0.460 e. The number of hydrogen-bond acceptors (Lipinski definition) is 2. The molecular weight excluding hydrogens is 523 g/mol. The lowest BCUT2D eigenvalue weighted by Crippen LogP contribution is -2.75. The van der Waals surface area contributed by atoms with Gasteiger partial charge in [-0.3, -0.25) is 0 Å². The van der Waals surface area contributed by atoms with Crippen molar-refractivity contribution < 1.29 is 88.3 Å². The van der Waals surface area contributed by atoms with Crippen LogP contribution >= 0.6 is 0 Å². The van der Waals surface area contributed by atoms with E-state index in [-0.39, 0.29) is 0 Å². The smallest absolute Gasteiger partial charge is 0.304 e. The van der Waals surface area contributed by atoms with Crippen LogP contribution in [0.2, 0.25) is 0 Å². The van der Waals surface area contributed by atoms with Crippen LogP contribution in [0.5, 0.6) is 0 Å². The topological polar surface area (TPSA) is 35.2 Å². The molecule has 0 rings (SSSR count). The number of hydrogen-bond donors (Lipinski definition) is 1. The van der Waals surface area contributed by atoms with Crippen molar-refractivity contribution in [2.45, 2.75) is 60.0 Å². The van der Waals surface area contributed by atoms with Crippen LogP contribution in [0.25, 0.3) is 0 Å². The van der Waals surface area contributed by atoms with Gasteiger partial charge < -0.3 is 4.84 Å². The van der Waals surface area contributed by atoms with Gasteiger partial charge in [0.15, 0.2) is 0 Å². The van der Waals surface area contributed by atoms with Crippen LogP contribution in [0.4, 0.5) is 83.4 Å². The molecule has 194 valence electrons. The summed E-state index contributed by atoms with van der Waals surface area (Å²) in [7, 11) is 0. The Bertz CT molecular complexity index is 665. The van der Waals surface area contributed by atoms with Gasteiger partial charge in [-0.25, -0.2) is 5.90 Å². The summed E-state index contributed by atoms with van der Waals surface area (Å²) in [5.41, 5.74) is 0. The molecule has 0 radical (unpaired) electrons. The second-order valence-corrected chi connectivity index (χ2v) is 5.84. The van der Waals surface area contributed by atoms with Gasteiger partial charge in [0, 0.05) is 6.42 Å². The van der Waals surface area contributed by atoms with Crippen LogP contribution in [0.15, 0.2) is 0 Å². The van der Waals surface area contributed by atoms with Crippen molar-refractivity contribution >= 4 is 0 Å². The number of halogens is 19. The Morgan fingerprint density at radius 3 is 0.906 bits per heavy atom. The molecule has 0 aliphatic heterocycles. The molecule has 0 bridgehead atoms. The fourth-order valence-corrected chi connectivity index (χ4v) is 1.74. The molecule has 0 aromatic carbocycles. The van der Waals surface area contributed by atoms with Crippen LogP contribution < -0.4 is 5.90 Å². The zero-order valence-corrected chi connectivity index (χ0v) is 14.1. The van der Waals surface area contributed by atoms with E-state index in [9.17, 15) is 83.4 Å². The maximum Gasteiger partial charge on any atom is 0.460 e. The van der Waals surface area contributed by atoms with Crippen molar-refractivity contribution in [2.75, 3.05) is 6.61 Å². The third-order valence-corrected chi connectivity index (χ3v) is 3.72. The molecule has 0 atom stereocenters. The Labute approximate surface area is 162 Å². The zero-order chi connectivity index (χ0) is 26.6. The Kier molecular flexibility index (Phi) is 7.48. The Morgan fingerprint density at radius 2 is 0.656 bits per heavy atom. The maximum absolute atomic E-state index is 13.3. The summed E-state index contributed by atoms with van der Waals surface area (Å²) in [6.07, 6.45) is -10.7. The SMILES string of the molecule is NOCCC(F)(F)C(F)(F)C(F)(F)C(F)(F)C(F)(F)C(F)(F)C(F)(F)C(F)(F)C(F)(F)F. The molecule has 0 amide bonds. The van der Waals surface area contributed by atoms with Crippen molar-refractivity contribution in [1.82, 2.24) is 0 Å². The van der Waals surface area contributed by atoms with Crippen molar-refractivity contribution in [2.24, 2.45) is 5.90 Å². The average molecular weight is 529 g/mol. The number of rotatable bonds is 10. The van der Waals surface area contributed by atoms with Gasteiger partial charge in [0.1, 0.15) is 0 Å². The lowest BCUT2D eigenvalue weighted by molar-refractivity contribution is -0.468. The highest BCUT2D eigenvalue weighted by Crippen LogP contribution is 2.65. The van der Waals surface area contributed by atoms with Crippen molar-refractivity contribution in [3.05, 3.63) is 0 Å². The third kappa shape index (κ3) is 3.81. The molecule has 0 spiro atoms. The molecule has 32 heavy (non-hydrogen) atoms. The lowest BCUT2D eigenvalue weighted by Gasteiger charge is -2.43. The monoisotopic (exact) mass is 529 g/mol. The van der Waals surface area contributed by atoms with E-state index in [4.69, 9.17) is 0 Å². The van der Waals surface area contributed by atoms with Gasteiger partial charge in [0.05, 0.1) is 6.61 Å². The lowest BCUT2D eigenvalue weighted by atomic mass is 9.87. The average Bonchev–Trinajstić information content (AvgIpc) is 2.57. The molecule has 0 fully saturated rings. The Balaban J connectivity index is 6.79. The van der Waals surface area contributed by atoms with Crippen LogP contribution in [0, 0.1) is 0 Å². The summed E-state index contributed by atoms with van der Waals surface area (Å²) < 4.78 is 246. The fraction of sp³-hybridized carbons (Fsp3) is 1.00. The third-order valence-electron chi connectivity index (χ3n) is 3.72. The first-order valence-electron chi connectivity index (χ1n) is 6.97. The molecule has 0 saturated heterocycles. The van der Waals surface area contributed by atoms with E-state index in [2.05, 4.69) is 10.7 Å². The maximum atomic E-state index is 13.3. The summed E-state index contributed by atoms with van der Waals surface area (Å²) in [5, 5.41) is 0. The van der Waals surface area contributed by atoms with Gasteiger partial charge in [0.25, 0.3) is 0 Å². The number of alkyl halides is 19. The molecule has 2 N–H and O–H groups in total. The van der Waals surface area contributed by atoms with Gasteiger partial charge in [-0.2, -0.15) is 83.4 Å². The molecule has 0 aromatic rings. The quantitative estimate of drug-likeness (QED) is 0.282. The predicted molar refractivity (Wildman–Crippen MR) is 60.4 cm³/mol. The fourth-order valence-electron chi connectivity index (χ4n) is 1.74. The van der Waals surface area contributed by atoms with Crippen LogP contribution in [-0.4, -0.2) is 60.2 Å². The van der Waals surface area contributed by atoms with E-state index in [1.54, 1.807) is 0 Å². The normalized spacial score (nSPS) is 16.5. The standard InChI is InChI=1S/C11H6F19NO/c12-3(13,1-2-32-31)4(14,15)5(16,17)6(18,19)7(20,21)8(22,23)9(24,25)10(26,27)11(28,29)30/h1-2,31H2. The van der Waals surface area contributed by atoms with Crippen LogP contribution in [0.1, 0.15) is 6.42 Å². The second kappa shape index (κ2) is 7.83. The van der Waals surface area contributed by atoms with Gasteiger partial charge in [-0.05, 0) is 0 Å². The minimum absolute atomic E-state index is 1.90. The van der Waals surface area contributed by atoms with Crippen molar-refractivity contribution in [3.63, 3.8) is 0 Å². The van der Waals surface area contributed by atoms with Crippen LogP contribution in [0.3, 0.4) is 0 Å². The minimum Gasteiger partial charge on any atom is -0.304 e. The van der Waals surface area contributed by atoms with Crippen molar-refractivity contribution in [1.29, 1.82) is 0 Å². The highest BCUT2D eigenvalue weighted by Gasteiger charge is 2.96. The molecule has 0 heterocycles. The first-order valence-corrected chi connectivity index (χ1v) is 6.97. The summed E-state index contributed by atoms with van der Waals surface area (Å²) >= 11 is 0. The first-order chi connectivity index (χ1) is 13.6. The first kappa shape index (κ1) is 30.6. The van der Waals surface area contributed by atoms with E-state index < -0.39 is 66.6 Å². The molecule has 0 aromatic heterocycles. The minimum atomic E-state index is -8.91.